The average molecular weight is 695 g/mol. The molecule has 0 atom stereocenters. The van der Waals surface area contributed by atoms with Gasteiger partial charge in [0.1, 0.15) is 0 Å². The molecule has 9 aromatic rings. The third kappa shape index (κ3) is 6.44. The van der Waals surface area contributed by atoms with Gasteiger partial charge in [0, 0.05) is 38.6 Å². The van der Waals surface area contributed by atoms with Gasteiger partial charge in [-0.05, 0) is 46.4 Å². The maximum atomic E-state index is 5.39. The summed E-state index contributed by atoms with van der Waals surface area (Å²) < 4.78 is 0. The number of benzene rings is 6. The van der Waals surface area contributed by atoms with Crippen LogP contribution in [0.3, 0.4) is 0 Å². The van der Waals surface area contributed by atoms with Gasteiger partial charge in [-0.1, -0.05) is 172 Å². The lowest BCUT2D eigenvalue weighted by Crippen LogP contribution is -2.12. The van der Waals surface area contributed by atoms with E-state index in [9.17, 15) is 0 Å². The molecule has 4 nitrogen and oxygen atoms in total. The first-order chi connectivity index (χ1) is 26.4. The van der Waals surface area contributed by atoms with Crippen LogP contribution in [0.5, 0.6) is 0 Å². The number of pyridine rings is 2. The van der Waals surface area contributed by atoms with Gasteiger partial charge < -0.3 is 0 Å². The molecule has 0 radical (unpaired) electrons. The van der Waals surface area contributed by atoms with Crippen LogP contribution in [-0.2, 0) is 5.41 Å². The van der Waals surface area contributed by atoms with Crippen LogP contribution >= 0.6 is 0 Å². The second-order valence-corrected chi connectivity index (χ2v) is 14.8. The third-order valence-corrected chi connectivity index (χ3v) is 10.0. The number of nitrogens with zero attached hydrogens (tertiary/aromatic N) is 4. The van der Waals surface area contributed by atoms with Gasteiger partial charge in [-0.15, -0.1) is 0 Å². The molecule has 6 aromatic carbocycles. The van der Waals surface area contributed by atoms with Gasteiger partial charge in [0.15, 0.2) is 5.82 Å². The van der Waals surface area contributed by atoms with Gasteiger partial charge in [0.25, 0.3) is 0 Å². The normalized spacial score (nSPS) is 11.6. The van der Waals surface area contributed by atoms with Crippen LogP contribution in [0.25, 0.3) is 89.4 Å². The Labute approximate surface area is 315 Å². The van der Waals surface area contributed by atoms with E-state index >= 15 is 0 Å². The van der Waals surface area contributed by atoms with Crippen LogP contribution in [-0.4, -0.2) is 19.9 Å². The third-order valence-electron chi connectivity index (χ3n) is 10.0. The highest BCUT2D eigenvalue weighted by Gasteiger charge is 2.21. The number of hydrogen-bond acceptors (Lipinski definition) is 4. The van der Waals surface area contributed by atoms with Gasteiger partial charge >= 0.3 is 0 Å². The van der Waals surface area contributed by atoms with E-state index in [0.29, 0.717) is 5.82 Å². The number of rotatable bonds is 6. The van der Waals surface area contributed by atoms with Gasteiger partial charge in [-0.25, -0.2) is 19.9 Å². The van der Waals surface area contributed by atoms with Crippen LogP contribution in [0.2, 0.25) is 0 Å². The fourth-order valence-electron chi connectivity index (χ4n) is 7.17. The van der Waals surface area contributed by atoms with Crippen LogP contribution in [0, 0.1) is 0 Å². The predicted octanol–water partition coefficient (Wildman–Crippen LogP) is 12.9. The molecule has 258 valence electrons. The Hall–Kier alpha value is -6.78. The Morgan fingerprint density at radius 2 is 0.815 bits per heavy atom. The molecular weight excluding hydrogens is 657 g/mol. The monoisotopic (exact) mass is 694 g/mol. The highest BCUT2D eigenvalue weighted by molar-refractivity contribution is 6.05. The molecule has 0 saturated carbocycles. The molecule has 0 spiro atoms. The van der Waals surface area contributed by atoms with Crippen molar-refractivity contribution in [3.05, 3.63) is 181 Å². The van der Waals surface area contributed by atoms with Crippen molar-refractivity contribution < 1.29 is 0 Å². The maximum Gasteiger partial charge on any atom is 0.160 e. The number of fused-ring (bicyclic) bond motifs is 3. The summed E-state index contributed by atoms with van der Waals surface area (Å²) in [5.74, 6) is 0.686. The maximum absolute atomic E-state index is 5.39. The summed E-state index contributed by atoms with van der Waals surface area (Å²) in [6, 6.07) is 61.1. The topological polar surface area (TPSA) is 51.6 Å². The summed E-state index contributed by atoms with van der Waals surface area (Å²) in [6.45, 7) is 6.79. The SMILES string of the molecule is CC(C)(C)c1cc(-c2cccc(-c3cc(-c4ccc(-c5ccccc5)cc4)nc(-c4ccccc4)n3)c2)nc2c1ccc1ccc(-c3ccccc3)nc12. The highest BCUT2D eigenvalue weighted by atomic mass is 14.9. The Balaban J connectivity index is 1.18. The molecule has 0 saturated heterocycles. The molecule has 0 N–H and O–H groups in total. The minimum atomic E-state index is -0.125. The number of hydrogen-bond donors (Lipinski definition) is 0. The first-order valence-electron chi connectivity index (χ1n) is 18.4. The van der Waals surface area contributed by atoms with Crippen LogP contribution in [0.1, 0.15) is 26.3 Å². The van der Waals surface area contributed by atoms with Crippen molar-refractivity contribution in [2.75, 3.05) is 0 Å². The minimum absolute atomic E-state index is 0.125. The Kier molecular flexibility index (Phi) is 8.36. The Morgan fingerprint density at radius 3 is 1.46 bits per heavy atom. The van der Waals surface area contributed by atoms with E-state index < -0.39 is 0 Å². The molecule has 0 aliphatic carbocycles. The fraction of sp³-hybridized carbons (Fsp3) is 0.0800. The molecule has 3 heterocycles. The smallest absolute Gasteiger partial charge is 0.160 e. The van der Waals surface area contributed by atoms with Crippen LogP contribution in [0.15, 0.2) is 176 Å². The molecule has 0 bridgehead atoms. The molecule has 0 aliphatic rings. The van der Waals surface area contributed by atoms with E-state index in [-0.39, 0.29) is 5.41 Å². The minimum Gasteiger partial charge on any atom is -0.245 e. The lowest BCUT2D eigenvalue weighted by molar-refractivity contribution is 0.595. The summed E-state index contributed by atoms with van der Waals surface area (Å²) >= 11 is 0. The summed E-state index contributed by atoms with van der Waals surface area (Å²) in [4.78, 5) is 20.8. The highest BCUT2D eigenvalue weighted by Crippen LogP contribution is 2.37. The lowest BCUT2D eigenvalue weighted by atomic mass is 9.83. The van der Waals surface area contributed by atoms with Gasteiger partial charge in [-0.3, -0.25) is 0 Å². The van der Waals surface area contributed by atoms with Crippen molar-refractivity contribution in [1.82, 2.24) is 19.9 Å². The first-order valence-corrected chi connectivity index (χ1v) is 18.4. The van der Waals surface area contributed by atoms with Crippen molar-refractivity contribution in [1.29, 1.82) is 0 Å². The second-order valence-electron chi connectivity index (χ2n) is 14.8. The lowest BCUT2D eigenvalue weighted by Gasteiger charge is -2.23. The van der Waals surface area contributed by atoms with Crippen molar-refractivity contribution in [2.24, 2.45) is 0 Å². The summed E-state index contributed by atoms with van der Waals surface area (Å²) in [5.41, 5.74) is 13.9. The molecule has 3 aromatic heterocycles. The Morgan fingerprint density at radius 1 is 0.333 bits per heavy atom. The van der Waals surface area contributed by atoms with Crippen LogP contribution in [0.4, 0.5) is 0 Å². The Bertz CT molecular complexity index is 2770. The summed E-state index contributed by atoms with van der Waals surface area (Å²) in [6.07, 6.45) is 0. The summed E-state index contributed by atoms with van der Waals surface area (Å²) in [5, 5.41) is 2.19. The van der Waals surface area contributed by atoms with E-state index in [2.05, 4.69) is 166 Å². The molecule has 4 heteroatoms. The molecular formula is C50H38N4. The van der Waals surface area contributed by atoms with Crippen molar-refractivity contribution in [2.45, 2.75) is 26.2 Å². The quantitative estimate of drug-likeness (QED) is 0.163. The van der Waals surface area contributed by atoms with Crippen molar-refractivity contribution in [3.63, 3.8) is 0 Å². The molecule has 0 fully saturated rings. The van der Waals surface area contributed by atoms with Crippen molar-refractivity contribution >= 4 is 21.8 Å². The fourth-order valence-corrected chi connectivity index (χ4v) is 7.17. The van der Waals surface area contributed by atoms with Crippen molar-refractivity contribution in [3.8, 4) is 67.5 Å². The second kappa shape index (κ2) is 13.6. The molecule has 0 unspecified atom stereocenters. The van der Waals surface area contributed by atoms with E-state index in [0.717, 1.165) is 72.4 Å². The first kappa shape index (κ1) is 33.1. The molecule has 0 aliphatic heterocycles. The van der Waals surface area contributed by atoms with E-state index in [4.69, 9.17) is 19.9 Å². The zero-order valence-electron chi connectivity index (χ0n) is 30.5. The largest absolute Gasteiger partial charge is 0.245 e. The molecule has 54 heavy (non-hydrogen) atoms. The van der Waals surface area contributed by atoms with Gasteiger partial charge in [0.2, 0.25) is 0 Å². The molecule has 0 amide bonds. The molecule has 9 rings (SSSR count). The van der Waals surface area contributed by atoms with Crippen LogP contribution < -0.4 is 0 Å². The van der Waals surface area contributed by atoms with E-state index in [1.807, 2.05) is 30.3 Å². The number of aromatic nitrogens is 4. The zero-order valence-corrected chi connectivity index (χ0v) is 30.5. The van der Waals surface area contributed by atoms with E-state index in [1.54, 1.807) is 0 Å². The standard InChI is InChI=1S/C50H38N4/c1-50(2,3)42-31-44(52-48-41(42)28-26-37-27-29-43(51-47(37)48)35-16-9-5-10-17-35)39-20-13-21-40(30-39)46-32-45(53-49(54-46)38-18-11-6-12-19-38)36-24-22-34(23-25-36)33-14-7-4-8-15-33/h4-32H,1-3H3. The summed E-state index contributed by atoms with van der Waals surface area (Å²) in [7, 11) is 0. The zero-order chi connectivity index (χ0) is 36.6. The van der Waals surface area contributed by atoms with E-state index in [1.165, 1.54) is 16.7 Å². The predicted molar refractivity (Wildman–Crippen MR) is 224 cm³/mol. The van der Waals surface area contributed by atoms with Gasteiger partial charge in [0.05, 0.1) is 33.8 Å². The average Bonchev–Trinajstić information content (AvgIpc) is 3.23. The van der Waals surface area contributed by atoms with Gasteiger partial charge in [-0.2, -0.15) is 0 Å².